The molecule has 0 saturated heterocycles. The highest BCUT2D eigenvalue weighted by Gasteiger charge is 2.18. The van der Waals surface area contributed by atoms with E-state index in [1.165, 1.54) is 0 Å². The van der Waals surface area contributed by atoms with Crippen LogP contribution in [0.4, 0.5) is 0 Å². The molecular formula is C11H20O3. The molecule has 0 aliphatic heterocycles. The normalized spacial score (nSPS) is 12.2. The number of rotatable bonds is 7. The second-order valence-electron chi connectivity index (χ2n) is 3.50. The van der Waals surface area contributed by atoms with Gasteiger partial charge in [0.2, 0.25) is 0 Å². The topological polar surface area (TPSA) is 46.5 Å². The molecule has 0 heterocycles. The molecule has 1 atom stereocenters. The molecular weight excluding hydrogens is 180 g/mol. The monoisotopic (exact) mass is 200 g/mol. The van der Waals surface area contributed by atoms with Gasteiger partial charge in [0.25, 0.3) is 0 Å². The van der Waals surface area contributed by atoms with E-state index in [0.29, 0.717) is 5.57 Å². The van der Waals surface area contributed by atoms with Gasteiger partial charge in [0.1, 0.15) is 0 Å². The Labute approximate surface area is 85.7 Å². The lowest BCUT2D eigenvalue weighted by Crippen LogP contribution is -2.13. The van der Waals surface area contributed by atoms with Gasteiger partial charge in [-0.25, -0.2) is 4.79 Å². The third-order valence-electron chi connectivity index (χ3n) is 2.49. The molecule has 3 nitrogen and oxygen atoms in total. The summed E-state index contributed by atoms with van der Waals surface area (Å²) in [5, 5.41) is 8.21. The molecule has 0 saturated carbocycles. The van der Waals surface area contributed by atoms with Crippen LogP contribution in [0.15, 0.2) is 12.2 Å². The quantitative estimate of drug-likeness (QED) is 0.297. The number of carbonyl (C=O) groups excluding carboxylic acids is 1. The molecule has 82 valence electrons. The Morgan fingerprint density at radius 3 is 2.50 bits per heavy atom. The van der Waals surface area contributed by atoms with Crippen LogP contribution in [0.3, 0.4) is 0 Å². The van der Waals surface area contributed by atoms with Gasteiger partial charge in [-0.1, -0.05) is 39.7 Å². The standard InChI is InChI=1S/C11H20O3/c1-4-6-7-8-10(5-2)9(3)11(12)14-13/h10,13H,3-8H2,1-2H3. The van der Waals surface area contributed by atoms with Crippen molar-refractivity contribution in [3.63, 3.8) is 0 Å². The highest BCUT2D eigenvalue weighted by Crippen LogP contribution is 2.21. The summed E-state index contributed by atoms with van der Waals surface area (Å²) in [7, 11) is 0. The predicted octanol–water partition coefficient (Wildman–Crippen LogP) is 3.17. The van der Waals surface area contributed by atoms with Crippen molar-refractivity contribution in [2.75, 3.05) is 0 Å². The van der Waals surface area contributed by atoms with Crippen LogP contribution in [0.2, 0.25) is 0 Å². The molecule has 0 aromatic heterocycles. The first kappa shape index (κ1) is 13.2. The van der Waals surface area contributed by atoms with Crippen molar-refractivity contribution in [1.82, 2.24) is 0 Å². The molecule has 0 aliphatic rings. The fourth-order valence-corrected chi connectivity index (χ4v) is 1.49. The molecule has 3 heteroatoms. The van der Waals surface area contributed by atoms with Crippen molar-refractivity contribution in [2.24, 2.45) is 5.92 Å². The van der Waals surface area contributed by atoms with Crippen LogP contribution in [-0.2, 0) is 9.68 Å². The van der Waals surface area contributed by atoms with Crippen LogP contribution >= 0.6 is 0 Å². The van der Waals surface area contributed by atoms with Crippen LogP contribution in [0.1, 0.15) is 46.0 Å². The van der Waals surface area contributed by atoms with Crippen molar-refractivity contribution in [3.8, 4) is 0 Å². The molecule has 14 heavy (non-hydrogen) atoms. The lowest BCUT2D eigenvalue weighted by atomic mass is 9.92. The Bertz CT molecular complexity index is 187. The zero-order valence-corrected chi connectivity index (χ0v) is 9.08. The fraction of sp³-hybridized carbons (Fsp3) is 0.727. The summed E-state index contributed by atoms with van der Waals surface area (Å²) in [5.74, 6) is -0.561. The number of hydrogen-bond donors (Lipinski definition) is 1. The van der Waals surface area contributed by atoms with Crippen molar-refractivity contribution < 1.29 is 14.9 Å². The van der Waals surface area contributed by atoms with Gasteiger partial charge < -0.3 is 0 Å². The van der Waals surface area contributed by atoms with E-state index in [4.69, 9.17) is 5.26 Å². The van der Waals surface area contributed by atoms with Crippen molar-refractivity contribution >= 4 is 5.97 Å². The van der Waals surface area contributed by atoms with Crippen molar-refractivity contribution in [2.45, 2.75) is 46.0 Å². The van der Waals surface area contributed by atoms with E-state index in [1.807, 2.05) is 6.92 Å². The summed E-state index contributed by atoms with van der Waals surface area (Å²) in [6, 6.07) is 0. The summed E-state index contributed by atoms with van der Waals surface area (Å²) in [5.41, 5.74) is 0.381. The van der Waals surface area contributed by atoms with E-state index in [9.17, 15) is 4.79 Å². The summed E-state index contributed by atoms with van der Waals surface area (Å²) in [6.07, 6.45) is 5.22. The maximum atomic E-state index is 11.0. The summed E-state index contributed by atoms with van der Waals surface area (Å²) in [4.78, 5) is 14.6. The highest BCUT2D eigenvalue weighted by molar-refractivity contribution is 5.87. The molecule has 0 rings (SSSR count). The molecule has 0 radical (unpaired) electrons. The van der Waals surface area contributed by atoms with Gasteiger partial charge >= 0.3 is 5.97 Å². The maximum absolute atomic E-state index is 11.0. The smallest absolute Gasteiger partial charge is 0.296 e. The number of carbonyl (C=O) groups is 1. The minimum atomic E-state index is -0.701. The van der Waals surface area contributed by atoms with E-state index in [0.717, 1.165) is 32.1 Å². The number of unbranched alkanes of at least 4 members (excludes halogenated alkanes) is 2. The average molecular weight is 200 g/mol. The second-order valence-corrected chi connectivity index (χ2v) is 3.50. The van der Waals surface area contributed by atoms with E-state index < -0.39 is 5.97 Å². The molecule has 0 aliphatic carbocycles. The predicted molar refractivity (Wildman–Crippen MR) is 55.8 cm³/mol. The Morgan fingerprint density at radius 2 is 2.07 bits per heavy atom. The molecule has 0 amide bonds. The van der Waals surface area contributed by atoms with Crippen LogP contribution in [-0.4, -0.2) is 11.2 Å². The van der Waals surface area contributed by atoms with Gasteiger partial charge in [0, 0.05) is 5.57 Å². The fourth-order valence-electron chi connectivity index (χ4n) is 1.49. The van der Waals surface area contributed by atoms with Gasteiger partial charge in [-0.2, -0.15) is 5.26 Å². The van der Waals surface area contributed by atoms with Crippen molar-refractivity contribution in [3.05, 3.63) is 12.2 Å². The molecule has 1 N–H and O–H groups in total. The summed E-state index contributed by atoms with van der Waals surface area (Å²) in [6.45, 7) is 7.78. The van der Waals surface area contributed by atoms with Gasteiger partial charge in [0.15, 0.2) is 0 Å². The van der Waals surface area contributed by atoms with Gasteiger partial charge in [0.05, 0.1) is 0 Å². The third-order valence-corrected chi connectivity index (χ3v) is 2.49. The van der Waals surface area contributed by atoms with E-state index in [-0.39, 0.29) is 5.92 Å². The van der Waals surface area contributed by atoms with Crippen molar-refractivity contribution in [1.29, 1.82) is 0 Å². The molecule has 1 unspecified atom stereocenters. The second kappa shape index (κ2) is 7.56. The lowest BCUT2D eigenvalue weighted by Gasteiger charge is -2.14. The Morgan fingerprint density at radius 1 is 1.43 bits per heavy atom. The minimum Gasteiger partial charge on any atom is -0.296 e. The zero-order valence-electron chi connectivity index (χ0n) is 9.08. The van der Waals surface area contributed by atoms with Crippen LogP contribution < -0.4 is 0 Å². The highest BCUT2D eigenvalue weighted by atomic mass is 17.1. The summed E-state index contributed by atoms with van der Waals surface area (Å²) >= 11 is 0. The van der Waals surface area contributed by atoms with Crippen LogP contribution in [0, 0.1) is 5.92 Å². The lowest BCUT2D eigenvalue weighted by molar-refractivity contribution is -0.230. The third kappa shape index (κ3) is 4.42. The average Bonchev–Trinajstić information content (AvgIpc) is 2.22. The summed E-state index contributed by atoms with van der Waals surface area (Å²) < 4.78 is 0. The molecule has 0 spiro atoms. The Balaban J connectivity index is 3.99. The number of hydrogen-bond acceptors (Lipinski definition) is 3. The molecule has 0 aromatic rings. The van der Waals surface area contributed by atoms with E-state index >= 15 is 0 Å². The first-order valence-corrected chi connectivity index (χ1v) is 5.21. The maximum Gasteiger partial charge on any atom is 0.368 e. The largest absolute Gasteiger partial charge is 0.368 e. The van der Waals surface area contributed by atoms with Gasteiger partial charge in [-0.05, 0) is 18.8 Å². The molecule has 0 fully saturated rings. The SMILES string of the molecule is C=C(C(=O)OO)C(CC)CCCCC. The molecule has 0 bridgehead atoms. The first-order valence-electron chi connectivity index (χ1n) is 5.21. The Hall–Kier alpha value is -0.830. The van der Waals surface area contributed by atoms with Crippen LogP contribution in [0.25, 0.3) is 0 Å². The van der Waals surface area contributed by atoms with Gasteiger partial charge in [-0.3, -0.25) is 4.89 Å². The van der Waals surface area contributed by atoms with E-state index in [2.05, 4.69) is 18.4 Å². The van der Waals surface area contributed by atoms with E-state index in [1.54, 1.807) is 0 Å². The first-order chi connectivity index (χ1) is 6.67. The van der Waals surface area contributed by atoms with Crippen LogP contribution in [0.5, 0.6) is 0 Å². The Kier molecular flexibility index (Phi) is 7.11. The molecule has 0 aromatic carbocycles. The minimum absolute atomic E-state index is 0.140. The van der Waals surface area contributed by atoms with Gasteiger partial charge in [-0.15, -0.1) is 0 Å². The zero-order chi connectivity index (χ0) is 11.0.